The number of hydrogen-bond acceptors (Lipinski definition) is 7. The average Bonchev–Trinajstić information content (AvgIpc) is 3.15. The Kier molecular flexibility index (Phi) is 7.27. The van der Waals surface area contributed by atoms with Gasteiger partial charge in [0.05, 0.1) is 32.2 Å². The van der Waals surface area contributed by atoms with E-state index in [0.29, 0.717) is 40.9 Å². The number of amides is 2. The molecule has 32 heavy (non-hydrogen) atoms. The first kappa shape index (κ1) is 22.6. The fourth-order valence-electron chi connectivity index (χ4n) is 3.00. The summed E-state index contributed by atoms with van der Waals surface area (Å²) in [5.41, 5.74) is 1.64. The Balaban J connectivity index is 1.68. The van der Waals surface area contributed by atoms with Crippen molar-refractivity contribution >= 4 is 23.2 Å². The second-order valence-corrected chi connectivity index (χ2v) is 6.68. The van der Waals surface area contributed by atoms with Gasteiger partial charge in [-0.05, 0) is 38.1 Å². The molecule has 0 aliphatic carbocycles. The zero-order chi connectivity index (χ0) is 23.1. The van der Waals surface area contributed by atoms with Crippen molar-refractivity contribution < 1.29 is 23.8 Å². The summed E-state index contributed by atoms with van der Waals surface area (Å²) in [6, 6.07) is 12.2. The number of carbonyl (C=O) groups is 2. The molecule has 1 aromatic heterocycles. The van der Waals surface area contributed by atoms with Crippen molar-refractivity contribution in [1.82, 2.24) is 15.0 Å². The van der Waals surface area contributed by atoms with Gasteiger partial charge >= 0.3 is 0 Å². The lowest BCUT2D eigenvalue weighted by Crippen LogP contribution is -2.21. The number of para-hydroxylation sites is 2. The maximum Gasteiger partial charge on any atom is 0.278 e. The number of nitrogens with one attached hydrogen (secondary N) is 2. The molecule has 0 atom stereocenters. The van der Waals surface area contributed by atoms with Gasteiger partial charge in [0.2, 0.25) is 5.91 Å². The van der Waals surface area contributed by atoms with Crippen LogP contribution in [0.1, 0.15) is 23.1 Å². The van der Waals surface area contributed by atoms with E-state index in [2.05, 4.69) is 20.9 Å². The van der Waals surface area contributed by atoms with Gasteiger partial charge in [-0.15, -0.1) is 5.10 Å². The third-order valence-corrected chi connectivity index (χ3v) is 4.59. The zero-order valence-corrected chi connectivity index (χ0v) is 18.3. The molecule has 2 amide bonds. The molecule has 0 radical (unpaired) electrons. The summed E-state index contributed by atoms with van der Waals surface area (Å²) < 4.78 is 17.3. The largest absolute Gasteiger partial charge is 0.493 e. The van der Waals surface area contributed by atoms with Crippen molar-refractivity contribution in [2.45, 2.75) is 20.4 Å². The lowest BCUT2D eigenvalue weighted by atomic mass is 10.2. The van der Waals surface area contributed by atoms with Gasteiger partial charge in [-0.3, -0.25) is 9.59 Å². The number of benzene rings is 2. The van der Waals surface area contributed by atoms with Crippen LogP contribution in [0.15, 0.2) is 42.5 Å². The first-order valence-corrected chi connectivity index (χ1v) is 9.92. The molecular formula is C22H25N5O5. The van der Waals surface area contributed by atoms with Crippen LogP contribution in [0.5, 0.6) is 17.2 Å². The number of aromatic nitrogens is 3. The van der Waals surface area contributed by atoms with Crippen molar-refractivity contribution in [3.8, 4) is 17.2 Å². The lowest BCUT2D eigenvalue weighted by molar-refractivity contribution is -0.117. The van der Waals surface area contributed by atoms with E-state index in [1.54, 1.807) is 43.3 Å². The molecule has 0 fully saturated rings. The number of ether oxygens (including phenoxy) is 3. The molecule has 0 spiro atoms. The van der Waals surface area contributed by atoms with Gasteiger partial charge in [0.25, 0.3) is 5.91 Å². The zero-order valence-electron chi connectivity index (χ0n) is 18.3. The van der Waals surface area contributed by atoms with Crippen LogP contribution in [0.25, 0.3) is 0 Å². The van der Waals surface area contributed by atoms with Crippen LogP contribution in [0.2, 0.25) is 0 Å². The maximum absolute atomic E-state index is 12.7. The predicted molar refractivity (Wildman–Crippen MR) is 118 cm³/mol. The molecule has 2 N–H and O–H groups in total. The van der Waals surface area contributed by atoms with Crippen molar-refractivity contribution in [1.29, 1.82) is 0 Å². The molecular weight excluding hydrogens is 414 g/mol. The van der Waals surface area contributed by atoms with Crippen molar-refractivity contribution in [3.05, 3.63) is 53.9 Å². The van der Waals surface area contributed by atoms with E-state index in [-0.39, 0.29) is 18.1 Å². The van der Waals surface area contributed by atoms with E-state index in [1.165, 1.54) is 18.9 Å². The molecule has 3 rings (SSSR count). The third kappa shape index (κ3) is 5.15. The predicted octanol–water partition coefficient (Wildman–Crippen LogP) is 2.89. The van der Waals surface area contributed by atoms with Crippen LogP contribution < -0.4 is 24.8 Å². The molecule has 0 bridgehead atoms. The summed E-state index contributed by atoms with van der Waals surface area (Å²) in [6.45, 7) is 3.89. The minimum absolute atomic E-state index is 0.115. The topological polar surface area (TPSA) is 117 Å². The van der Waals surface area contributed by atoms with E-state index in [4.69, 9.17) is 14.2 Å². The van der Waals surface area contributed by atoms with Crippen molar-refractivity contribution in [3.63, 3.8) is 0 Å². The Labute approximate surface area is 185 Å². The maximum atomic E-state index is 12.7. The summed E-state index contributed by atoms with van der Waals surface area (Å²) in [7, 11) is 3.05. The molecule has 3 aromatic rings. The average molecular weight is 439 g/mol. The summed E-state index contributed by atoms with van der Waals surface area (Å²) in [5.74, 6) is 0.829. The highest BCUT2D eigenvalue weighted by molar-refractivity contribution is 6.04. The second kappa shape index (κ2) is 10.3. The molecule has 0 aliphatic heterocycles. The Bertz CT molecular complexity index is 1110. The van der Waals surface area contributed by atoms with Gasteiger partial charge in [-0.1, -0.05) is 17.3 Å². The van der Waals surface area contributed by atoms with E-state index in [9.17, 15) is 9.59 Å². The lowest BCUT2D eigenvalue weighted by Gasteiger charge is -2.11. The number of carbonyl (C=O) groups excluding carboxylic acids is 2. The van der Waals surface area contributed by atoms with Crippen LogP contribution in [0, 0.1) is 6.92 Å². The first-order valence-electron chi connectivity index (χ1n) is 9.92. The van der Waals surface area contributed by atoms with Gasteiger partial charge < -0.3 is 24.8 Å². The molecule has 0 saturated heterocycles. The quantitative estimate of drug-likeness (QED) is 0.526. The second-order valence-electron chi connectivity index (χ2n) is 6.68. The van der Waals surface area contributed by atoms with E-state index in [1.807, 2.05) is 13.0 Å². The molecule has 0 aliphatic rings. The summed E-state index contributed by atoms with van der Waals surface area (Å²) in [4.78, 5) is 25.2. The Morgan fingerprint density at radius 1 is 1.00 bits per heavy atom. The number of hydrogen-bond donors (Lipinski definition) is 2. The standard InChI is InChI=1S/C22H25N5O5/c1-5-32-17-9-7-6-8-16(17)24-22(29)21-14(2)27(26-25-21)13-20(28)23-15-10-11-18(30-3)19(12-15)31-4/h6-12H,5,13H2,1-4H3,(H,23,28)(H,24,29). The van der Waals surface area contributed by atoms with Crippen molar-refractivity contribution in [2.75, 3.05) is 31.5 Å². The third-order valence-electron chi connectivity index (χ3n) is 4.59. The van der Waals surface area contributed by atoms with Crippen LogP contribution in [-0.4, -0.2) is 47.6 Å². The smallest absolute Gasteiger partial charge is 0.278 e. The Morgan fingerprint density at radius 3 is 2.47 bits per heavy atom. The number of rotatable bonds is 9. The fourth-order valence-corrected chi connectivity index (χ4v) is 3.00. The van der Waals surface area contributed by atoms with Crippen LogP contribution in [0.4, 0.5) is 11.4 Å². The summed E-state index contributed by atoms with van der Waals surface area (Å²) in [6.07, 6.45) is 0. The Hall–Kier alpha value is -4.08. The van der Waals surface area contributed by atoms with Gasteiger partial charge in [0.1, 0.15) is 12.3 Å². The van der Waals surface area contributed by atoms with Crippen LogP contribution in [-0.2, 0) is 11.3 Å². The molecule has 0 unspecified atom stereocenters. The Morgan fingerprint density at radius 2 is 1.75 bits per heavy atom. The summed E-state index contributed by atoms with van der Waals surface area (Å²) in [5, 5.41) is 13.4. The minimum Gasteiger partial charge on any atom is -0.493 e. The number of anilines is 2. The highest BCUT2D eigenvalue weighted by Gasteiger charge is 2.19. The van der Waals surface area contributed by atoms with Crippen molar-refractivity contribution in [2.24, 2.45) is 0 Å². The van der Waals surface area contributed by atoms with E-state index < -0.39 is 5.91 Å². The van der Waals surface area contributed by atoms with Gasteiger partial charge in [-0.25, -0.2) is 4.68 Å². The highest BCUT2D eigenvalue weighted by atomic mass is 16.5. The van der Waals surface area contributed by atoms with Gasteiger partial charge in [-0.2, -0.15) is 0 Å². The fraction of sp³-hybridized carbons (Fsp3) is 0.273. The van der Waals surface area contributed by atoms with Gasteiger partial charge in [0.15, 0.2) is 17.2 Å². The normalized spacial score (nSPS) is 10.4. The van der Waals surface area contributed by atoms with Crippen LogP contribution in [0.3, 0.4) is 0 Å². The van der Waals surface area contributed by atoms with E-state index in [0.717, 1.165) is 0 Å². The summed E-state index contributed by atoms with van der Waals surface area (Å²) >= 11 is 0. The number of nitrogens with zero attached hydrogens (tertiary/aromatic N) is 3. The highest BCUT2D eigenvalue weighted by Crippen LogP contribution is 2.29. The molecule has 10 heteroatoms. The SMILES string of the molecule is CCOc1ccccc1NC(=O)c1nnn(CC(=O)Nc2ccc(OC)c(OC)c2)c1C. The molecule has 2 aromatic carbocycles. The van der Waals surface area contributed by atoms with E-state index >= 15 is 0 Å². The first-order chi connectivity index (χ1) is 15.5. The monoisotopic (exact) mass is 439 g/mol. The number of methoxy groups -OCH3 is 2. The van der Waals surface area contributed by atoms with Crippen LogP contribution >= 0.6 is 0 Å². The molecule has 0 saturated carbocycles. The van der Waals surface area contributed by atoms with Gasteiger partial charge in [0, 0.05) is 11.8 Å². The molecule has 10 nitrogen and oxygen atoms in total. The molecule has 1 heterocycles. The molecule has 168 valence electrons. The minimum atomic E-state index is -0.443.